The van der Waals surface area contributed by atoms with Gasteiger partial charge in [-0.1, -0.05) is 11.6 Å². The molecule has 2 fully saturated rings. The zero-order chi connectivity index (χ0) is 16.4. The number of hydrogen-bond acceptors (Lipinski definition) is 3. The van der Waals surface area contributed by atoms with E-state index in [4.69, 9.17) is 0 Å². The van der Waals surface area contributed by atoms with Crippen molar-refractivity contribution in [2.75, 3.05) is 32.7 Å². The van der Waals surface area contributed by atoms with E-state index in [-0.39, 0.29) is 23.4 Å². The lowest BCUT2D eigenvalue weighted by Gasteiger charge is -2.41. The average molecular weight is 319 g/mol. The summed E-state index contributed by atoms with van der Waals surface area (Å²) < 4.78 is 14.0. The Balaban J connectivity index is 1.74. The van der Waals surface area contributed by atoms with Gasteiger partial charge < -0.3 is 15.1 Å². The van der Waals surface area contributed by atoms with Crippen molar-refractivity contribution in [3.63, 3.8) is 0 Å². The molecule has 0 aliphatic carbocycles. The van der Waals surface area contributed by atoms with Crippen molar-refractivity contribution < 1.29 is 14.0 Å². The maximum absolute atomic E-state index is 14.0. The number of amides is 2. The van der Waals surface area contributed by atoms with E-state index in [1.54, 1.807) is 17.0 Å². The minimum absolute atomic E-state index is 0.0372. The Morgan fingerprint density at radius 3 is 2.96 bits per heavy atom. The molecule has 6 heteroatoms. The van der Waals surface area contributed by atoms with Gasteiger partial charge in [0.05, 0.1) is 12.1 Å². The minimum atomic E-state index is -0.485. The van der Waals surface area contributed by atoms with Gasteiger partial charge in [-0.25, -0.2) is 4.39 Å². The molecule has 0 saturated carbocycles. The highest BCUT2D eigenvalue weighted by Crippen LogP contribution is 2.20. The van der Waals surface area contributed by atoms with E-state index in [0.29, 0.717) is 26.2 Å². The number of carbonyl (C=O) groups excluding carboxylic acids is 2. The number of piperazine rings is 1. The first kappa shape index (κ1) is 15.9. The zero-order valence-corrected chi connectivity index (χ0v) is 13.3. The third-order valence-electron chi connectivity index (χ3n) is 4.60. The molecule has 0 bridgehead atoms. The molecule has 0 radical (unpaired) electrons. The van der Waals surface area contributed by atoms with E-state index < -0.39 is 5.82 Å². The molecule has 1 aromatic rings. The fraction of sp³-hybridized carbons (Fsp3) is 0.529. The lowest BCUT2D eigenvalue weighted by atomic mass is 10.0. The second kappa shape index (κ2) is 6.66. The molecule has 2 heterocycles. The van der Waals surface area contributed by atoms with Gasteiger partial charge in [0, 0.05) is 32.2 Å². The summed E-state index contributed by atoms with van der Waals surface area (Å²) in [4.78, 5) is 28.2. The normalized spacial score (nSPS) is 22.3. The van der Waals surface area contributed by atoms with E-state index in [1.807, 2.05) is 11.8 Å². The molecule has 124 valence electrons. The largest absolute Gasteiger partial charge is 0.336 e. The van der Waals surface area contributed by atoms with Crippen molar-refractivity contribution in [2.24, 2.45) is 0 Å². The first-order valence-corrected chi connectivity index (χ1v) is 8.12. The number of likely N-dealkylation sites (tertiary alicyclic amines) is 1. The summed E-state index contributed by atoms with van der Waals surface area (Å²) in [5, 5.41) is 3.06. The van der Waals surface area contributed by atoms with Gasteiger partial charge in [-0.2, -0.15) is 0 Å². The van der Waals surface area contributed by atoms with E-state index in [2.05, 4.69) is 5.32 Å². The Labute approximate surface area is 135 Å². The van der Waals surface area contributed by atoms with E-state index in [9.17, 15) is 14.0 Å². The molecule has 23 heavy (non-hydrogen) atoms. The van der Waals surface area contributed by atoms with Crippen LogP contribution in [0.4, 0.5) is 4.39 Å². The third-order valence-corrected chi connectivity index (χ3v) is 4.60. The van der Waals surface area contributed by atoms with E-state index in [0.717, 1.165) is 24.9 Å². The van der Waals surface area contributed by atoms with Crippen LogP contribution in [0.25, 0.3) is 0 Å². The fourth-order valence-corrected chi connectivity index (χ4v) is 3.37. The average Bonchev–Trinajstić information content (AvgIpc) is 2.57. The van der Waals surface area contributed by atoms with E-state index >= 15 is 0 Å². The summed E-state index contributed by atoms with van der Waals surface area (Å²) in [5.41, 5.74) is 0.984. The molecule has 1 aromatic carbocycles. The van der Waals surface area contributed by atoms with Gasteiger partial charge in [-0.3, -0.25) is 9.59 Å². The number of rotatable bonds is 2. The van der Waals surface area contributed by atoms with Crippen LogP contribution in [0.2, 0.25) is 0 Å². The second-order valence-corrected chi connectivity index (χ2v) is 6.29. The minimum Gasteiger partial charge on any atom is -0.336 e. The van der Waals surface area contributed by atoms with Crippen molar-refractivity contribution >= 4 is 11.8 Å². The molecule has 2 aliphatic heterocycles. The van der Waals surface area contributed by atoms with Crippen molar-refractivity contribution in [1.29, 1.82) is 0 Å². The van der Waals surface area contributed by atoms with Crippen molar-refractivity contribution in [3.05, 3.63) is 35.1 Å². The third kappa shape index (κ3) is 3.37. The molecule has 0 aromatic heterocycles. The predicted molar refractivity (Wildman–Crippen MR) is 84.6 cm³/mol. The molecule has 0 spiro atoms. The predicted octanol–water partition coefficient (Wildman–Crippen LogP) is 1.17. The molecule has 2 amide bonds. The molecule has 1 unspecified atom stereocenters. The highest BCUT2D eigenvalue weighted by molar-refractivity contribution is 5.94. The lowest BCUT2D eigenvalue weighted by Crippen LogP contribution is -2.57. The van der Waals surface area contributed by atoms with Crippen LogP contribution in [0, 0.1) is 12.7 Å². The van der Waals surface area contributed by atoms with Gasteiger partial charge in [0.25, 0.3) is 5.91 Å². The monoisotopic (exact) mass is 319 g/mol. The SMILES string of the molecule is Cc1ccc(F)c(C(=O)N2CCCC(N3CCNCC3=O)C2)c1. The molecule has 2 saturated heterocycles. The fourth-order valence-electron chi connectivity index (χ4n) is 3.37. The summed E-state index contributed by atoms with van der Waals surface area (Å²) in [6, 6.07) is 4.63. The van der Waals surface area contributed by atoms with Gasteiger partial charge in [-0.15, -0.1) is 0 Å². The summed E-state index contributed by atoms with van der Waals surface area (Å²) in [5.74, 6) is -0.684. The number of carbonyl (C=O) groups is 2. The number of hydrogen-bond donors (Lipinski definition) is 1. The smallest absolute Gasteiger partial charge is 0.256 e. The van der Waals surface area contributed by atoms with Crippen LogP contribution in [0.15, 0.2) is 18.2 Å². The van der Waals surface area contributed by atoms with Crippen LogP contribution in [0.1, 0.15) is 28.8 Å². The van der Waals surface area contributed by atoms with Crippen molar-refractivity contribution in [3.8, 4) is 0 Å². The Bertz CT molecular complexity index is 620. The molecule has 5 nitrogen and oxygen atoms in total. The van der Waals surface area contributed by atoms with Crippen molar-refractivity contribution in [2.45, 2.75) is 25.8 Å². The Kier molecular flexibility index (Phi) is 4.61. The first-order chi connectivity index (χ1) is 11.1. The maximum atomic E-state index is 14.0. The van der Waals surface area contributed by atoms with Crippen LogP contribution < -0.4 is 5.32 Å². The number of benzene rings is 1. The quantitative estimate of drug-likeness (QED) is 0.890. The van der Waals surface area contributed by atoms with Crippen LogP contribution in [0.5, 0.6) is 0 Å². The van der Waals surface area contributed by atoms with Crippen molar-refractivity contribution in [1.82, 2.24) is 15.1 Å². The first-order valence-electron chi connectivity index (χ1n) is 8.12. The molecular formula is C17H22FN3O2. The number of piperidine rings is 1. The van der Waals surface area contributed by atoms with Crippen LogP contribution in [-0.4, -0.2) is 60.4 Å². The van der Waals surface area contributed by atoms with Gasteiger partial charge in [0.2, 0.25) is 5.91 Å². The molecule has 1 atom stereocenters. The molecule has 1 N–H and O–H groups in total. The Morgan fingerprint density at radius 1 is 1.35 bits per heavy atom. The topological polar surface area (TPSA) is 52.7 Å². The highest BCUT2D eigenvalue weighted by Gasteiger charge is 2.32. The van der Waals surface area contributed by atoms with Crippen LogP contribution >= 0.6 is 0 Å². The van der Waals surface area contributed by atoms with Crippen LogP contribution in [0.3, 0.4) is 0 Å². The van der Waals surface area contributed by atoms with Gasteiger partial charge in [-0.05, 0) is 31.9 Å². The highest BCUT2D eigenvalue weighted by atomic mass is 19.1. The molecule has 3 rings (SSSR count). The lowest BCUT2D eigenvalue weighted by molar-refractivity contribution is -0.135. The number of halogens is 1. The van der Waals surface area contributed by atoms with Crippen LogP contribution in [-0.2, 0) is 4.79 Å². The standard InChI is InChI=1S/C17H22FN3O2/c1-12-4-5-15(18)14(9-12)17(23)20-7-2-3-13(11-20)21-8-6-19-10-16(21)22/h4-5,9,13,19H,2-3,6-8,10-11H2,1H3. The summed E-state index contributed by atoms with van der Waals surface area (Å²) >= 11 is 0. The molecular weight excluding hydrogens is 297 g/mol. The Morgan fingerprint density at radius 2 is 2.17 bits per heavy atom. The zero-order valence-electron chi connectivity index (χ0n) is 13.3. The summed E-state index contributed by atoms with van der Waals surface area (Å²) in [7, 11) is 0. The summed E-state index contributed by atoms with van der Waals surface area (Å²) in [6.45, 7) is 4.75. The number of aryl methyl sites for hydroxylation is 1. The summed E-state index contributed by atoms with van der Waals surface area (Å²) in [6.07, 6.45) is 1.73. The van der Waals surface area contributed by atoms with Gasteiger partial charge >= 0.3 is 0 Å². The number of nitrogens with one attached hydrogen (secondary N) is 1. The maximum Gasteiger partial charge on any atom is 0.256 e. The van der Waals surface area contributed by atoms with E-state index in [1.165, 1.54) is 6.07 Å². The number of nitrogens with zero attached hydrogens (tertiary/aromatic N) is 2. The Hall–Kier alpha value is -1.95. The van der Waals surface area contributed by atoms with Gasteiger partial charge in [0.15, 0.2) is 0 Å². The second-order valence-electron chi connectivity index (χ2n) is 6.29. The van der Waals surface area contributed by atoms with Gasteiger partial charge in [0.1, 0.15) is 5.82 Å². The molecule has 2 aliphatic rings.